The SMILES string of the molecule is Cl.Cl.NCCN1C(=O)CC[C@H]2CN(Cc3ccc(-c4ccco4)cc3)CC[C@H]21. The first-order chi connectivity index (χ1) is 12.7. The highest BCUT2D eigenvalue weighted by Crippen LogP contribution is 2.31. The smallest absolute Gasteiger partial charge is 0.222 e. The molecular weight excluding hydrogens is 397 g/mol. The number of fused-ring (bicyclic) bond motifs is 1. The van der Waals surface area contributed by atoms with Gasteiger partial charge in [-0.3, -0.25) is 9.69 Å². The summed E-state index contributed by atoms with van der Waals surface area (Å²) in [7, 11) is 0. The highest BCUT2D eigenvalue weighted by molar-refractivity contribution is 5.85. The van der Waals surface area contributed by atoms with Crippen LogP contribution in [0.5, 0.6) is 0 Å². The number of likely N-dealkylation sites (tertiary alicyclic amines) is 2. The normalized spacial score (nSPS) is 22.2. The number of rotatable bonds is 5. The summed E-state index contributed by atoms with van der Waals surface area (Å²) in [6.45, 7) is 4.33. The molecular formula is C21H29Cl2N3O2. The van der Waals surface area contributed by atoms with E-state index in [-0.39, 0.29) is 24.8 Å². The number of carbonyl (C=O) groups excluding carboxylic acids is 1. The number of piperidine rings is 2. The Bertz CT molecular complexity index is 737. The number of hydrogen-bond donors (Lipinski definition) is 1. The van der Waals surface area contributed by atoms with Gasteiger partial charge in [0.1, 0.15) is 5.76 Å². The van der Waals surface area contributed by atoms with Crippen molar-refractivity contribution in [3.63, 3.8) is 0 Å². The Morgan fingerprint density at radius 3 is 2.57 bits per heavy atom. The molecule has 0 unspecified atom stereocenters. The molecule has 28 heavy (non-hydrogen) atoms. The number of nitrogens with two attached hydrogens (primary N) is 1. The van der Waals surface area contributed by atoms with Gasteiger partial charge in [-0.1, -0.05) is 24.3 Å². The first-order valence-electron chi connectivity index (χ1n) is 9.59. The lowest BCUT2D eigenvalue weighted by molar-refractivity contribution is -0.141. The van der Waals surface area contributed by atoms with Crippen LogP contribution < -0.4 is 5.73 Å². The minimum Gasteiger partial charge on any atom is -0.464 e. The Labute approximate surface area is 179 Å². The van der Waals surface area contributed by atoms with Gasteiger partial charge in [-0.2, -0.15) is 0 Å². The highest BCUT2D eigenvalue weighted by Gasteiger charge is 2.38. The second-order valence-electron chi connectivity index (χ2n) is 7.44. The van der Waals surface area contributed by atoms with Crippen molar-refractivity contribution in [1.29, 1.82) is 0 Å². The van der Waals surface area contributed by atoms with E-state index in [0.29, 0.717) is 37.4 Å². The Kier molecular flexibility index (Phi) is 8.38. The van der Waals surface area contributed by atoms with Crippen LogP contribution in [-0.4, -0.2) is 47.9 Å². The quantitative estimate of drug-likeness (QED) is 0.794. The van der Waals surface area contributed by atoms with E-state index in [1.807, 2.05) is 17.0 Å². The largest absolute Gasteiger partial charge is 0.464 e. The molecule has 0 aliphatic carbocycles. The van der Waals surface area contributed by atoms with Crippen LogP contribution in [0.25, 0.3) is 11.3 Å². The van der Waals surface area contributed by atoms with Crippen LogP contribution in [0, 0.1) is 5.92 Å². The third-order valence-corrected chi connectivity index (χ3v) is 5.76. The van der Waals surface area contributed by atoms with Crippen molar-refractivity contribution >= 4 is 30.7 Å². The molecule has 1 amide bonds. The number of furan rings is 1. The zero-order valence-corrected chi connectivity index (χ0v) is 17.6. The molecule has 2 atom stereocenters. The lowest BCUT2D eigenvalue weighted by Gasteiger charge is -2.47. The summed E-state index contributed by atoms with van der Waals surface area (Å²) in [5.41, 5.74) is 8.14. The van der Waals surface area contributed by atoms with Crippen molar-refractivity contribution in [2.75, 3.05) is 26.2 Å². The van der Waals surface area contributed by atoms with Gasteiger partial charge in [-0.05, 0) is 36.5 Å². The van der Waals surface area contributed by atoms with Crippen LogP contribution in [0.4, 0.5) is 0 Å². The van der Waals surface area contributed by atoms with Gasteiger partial charge in [0.25, 0.3) is 0 Å². The van der Waals surface area contributed by atoms with E-state index in [0.717, 1.165) is 43.8 Å². The molecule has 2 N–H and O–H groups in total. The molecule has 7 heteroatoms. The van der Waals surface area contributed by atoms with Crippen LogP contribution in [0.15, 0.2) is 47.1 Å². The summed E-state index contributed by atoms with van der Waals surface area (Å²) in [6.07, 6.45) is 4.45. The molecule has 1 aromatic carbocycles. The first-order valence-corrected chi connectivity index (χ1v) is 9.59. The number of carbonyl (C=O) groups is 1. The molecule has 0 radical (unpaired) electrons. The third kappa shape index (κ3) is 4.90. The molecule has 2 aliphatic heterocycles. The zero-order valence-electron chi connectivity index (χ0n) is 16.0. The summed E-state index contributed by atoms with van der Waals surface area (Å²) >= 11 is 0. The van der Waals surface area contributed by atoms with Gasteiger partial charge in [-0.15, -0.1) is 24.8 Å². The van der Waals surface area contributed by atoms with Crippen molar-refractivity contribution in [3.05, 3.63) is 48.2 Å². The number of hydrogen-bond acceptors (Lipinski definition) is 4. The average molecular weight is 426 g/mol. The molecule has 3 heterocycles. The molecule has 2 aromatic rings. The lowest BCUT2D eigenvalue weighted by atomic mass is 9.83. The molecule has 4 rings (SSSR count). The Balaban J connectivity index is 0.00000140. The molecule has 1 aromatic heterocycles. The fourth-order valence-corrected chi connectivity index (χ4v) is 4.48. The van der Waals surface area contributed by atoms with Crippen molar-refractivity contribution in [2.45, 2.75) is 31.8 Å². The Morgan fingerprint density at radius 1 is 1.11 bits per heavy atom. The summed E-state index contributed by atoms with van der Waals surface area (Å²) in [4.78, 5) is 16.8. The second-order valence-corrected chi connectivity index (χ2v) is 7.44. The number of halogens is 2. The molecule has 0 bridgehead atoms. The number of amides is 1. The average Bonchev–Trinajstić information content (AvgIpc) is 3.20. The number of benzene rings is 1. The van der Waals surface area contributed by atoms with Gasteiger partial charge in [0.2, 0.25) is 5.91 Å². The second kappa shape index (κ2) is 10.3. The molecule has 2 aliphatic rings. The molecule has 2 fully saturated rings. The van der Waals surface area contributed by atoms with E-state index in [4.69, 9.17) is 10.2 Å². The molecule has 2 saturated heterocycles. The van der Waals surface area contributed by atoms with E-state index >= 15 is 0 Å². The van der Waals surface area contributed by atoms with Gasteiger partial charge in [0, 0.05) is 50.7 Å². The number of nitrogens with zero attached hydrogens (tertiary/aromatic N) is 2. The summed E-state index contributed by atoms with van der Waals surface area (Å²) in [6, 6.07) is 12.9. The fraction of sp³-hybridized carbons (Fsp3) is 0.476. The van der Waals surface area contributed by atoms with Crippen LogP contribution >= 0.6 is 24.8 Å². The van der Waals surface area contributed by atoms with E-state index in [2.05, 4.69) is 29.2 Å². The zero-order chi connectivity index (χ0) is 17.9. The summed E-state index contributed by atoms with van der Waals surface area (Å²) in [5.74, 6) is 1.78. The van der Waals surface area contributed by atoms with E-state index in [9.17, 15) is 4.79 Å². The van der Waals surface area contributed by atoms with Crippen molar-refractivity contribution in [1.82, 2.24) is 9.80 Å². The predicted octanol–water partition coefficient (Wildman–Crippen LogP) is 3.56. The third-order valence-electron chi connectivity index (χ3n) is 5.76. The molecule has 5 nitrogen and oxygen atoms in total. The Morgan fingerprint density at radius 2 is 1.89 bits per heavy atom. The molecule has 0 spiro atoms. The van der Waals surface area contributed by atoms with Gasteiger partial charge >= 0.3 is 0 Å². The van der Waals surface area contributed by atoms with Crippen LogP contribution in [0.2, 0.25) is 0 Å². The monoisotopic (exact) mass is 425 g/mol. The molecule has 0 saturated carbocycles. The molecule has 154 valence electrons. The van der Waals surface area contributed by atoms with Crippen molar-refractivity contribution in [2.24, 2.45) is 11.7 Å². The topological polar surface area (TPSA) is 62.7 Å². The highest BCUT2D eigenvalue weighted by atomic mass is 35.5. The minimum atomic E-state index is 0. The van der Waals surface area contributed by atoms with Gasteiger partial charge in [0.15, 0.2) is 0 Å². The summed E-state index contributed by atoms with van der Waals surface area (Å²) < 4.78 is 5.46. The van der Waals surface area contributed by atoms with E-state index < -0.39 is 0 Å². The fourth-order valence-electron chi connectivity index (χ4n) is 4.48. The van der Waals surface area contributed by atoms with Gasteiger partial charge < -0.3 is 15.1 Å². The van der Waals surface area contributed by atoms with E-state index in [1.165, 1.54) is 5.56 Å². The van der Waals surface area contributed by atoms with Crippen molar-refractivity contribution in [3.8, 4) is 11.3 Å². The maximum Gasteiger partial charge on any atom is 0.222 e. The predicted molar refractivity (Wildman–Crippen MR) is 116 cm³/mol. The Hall–Kier alpha value is -1.53. The van der Waals surface area contributed by atoms with Gasteiger partial charge in [0.05, 0.1) is 6.26 Å². The van der Waals surface area contributed by atoms with Gasteiger partial charge in [-0.25, -0.2) is 0 Å². The van der Waals surface area contributed by atoms with Crippen LogP contribution in [0.1, 0.15) is 24.8 Å². The van der Waals surface area contributed by atoms with Crippen LogP contribution in [-0.2, 0) is 11.3 Å². The maximum atomic E-state index is 12.2. The maximum absolute atomic E-state index is 12.2. The standard InChI is InChI=1S/C21H27N3O2.2ClH/c22-10-12-24-19-9-11-23(15-18(19)7-8-21(24)25)14-16-3-5-17(6-4-16)20-2-1-13-26-20;;/h1-6,13,18-19H,7-12,14-15,22H2;2*1H/t18-,19+;;/m0../s1. The summed E-state index contributed by atoms with van der Waals surface area (Å²) in [5, 5.41) is 0. The van der Waals surface area contributed by atoms with Crippen molar-refractivity contribution < 1.29 is 9.21 Å². The lowest BCUT2D eigenvalue weighted by Crippen LogP contribution is -2.56. The van der Waals surface area contributed by atoms with E-state index in [1.54, 1.807) is 6.26 Å². The minimum absolute atomic E-state index is 0. The van der Waals surface area contributed by atoms with Crippen LogP contribution in [0.3, 0.4) is 0 Å². The first kappa shape index (κ1) is 22.8.